The predicted molar refractivity (Wildman–Crippen MR) is 102 cm³/mol. The summed E-state index contributed by atoms with van der Waals surface area (Å²) in [4.78, 5) is 2.23. The zero-order valence-corrected chi connectivity index (χ0v) is 14.8. The van der Waals surface area contributed by atoms with Gasteiger partial charge < -0.3 is 21.5 Å². The Hall–Kier alpha value is -1.85. The first kappa shape index (κ1) is 17.0. The summed E-state index contributed by atoms with van der Waals surface area (Å²) in [5.41, 5.74) is 12.9. The molecule has 0 radical (unpaired) electrons. The van der Waals surface area contributed by atoms with E-state index in [1.807, 2.05) is 30.3 Å². The van der Waals surface area contributed by atoms with Crippen molar-refractivity contribution in [3.8, 4) is 5.75 Å². The lowest BCUT2D eigenvalue weighted by Crippen LogP contribution is -2.38. The highest BCUT2D eigenvalue weighted by atomic mass is 32.2. The maximum atomic E-state index is 6.18. The van der Waals surface area contributed by atoms with E-state index < -0.39 is 0 Å². The Morgan fingerprint density at radius 2 is 1.88 bits per heavy atom. The lowest BCUT2D eigenvalue weighted by molar-refractivity contribution is 0.157. The summed E-state index contributed by atoms with van der Waals surface area (Å²) in [5.74, 6) is 0.928. The van der Waals surface area contributed by atoms with Crippen LogP contribution in [0, 0.1) is 0 Å². The lowest BCUT2D eigenvalue weighted by atomic mass is 10.1. The number of ether oxygens (including phenoxy) is 1. The number of rotatable bonds is 6. The number of nitrogens with one attached hydrogen (secondary N) is 1. The fraction of sp³-hybridized carbons (Fsp3) is 0.368. The Kier molecular flexibility index (Phi) is 5.53. The average Bonchev–Trinajstić information content (AvgIpc) is 3.12. The molecule has 0 bridgehead atoms. The van der Waals surface area contributed by atoms with E-state index in [-0.39, 0.29) is 6.10 Å². The van der Waals surface area contributed by atoms with Crippen LogP contribution >= 0.6 is 11.8 Å². The van der Waals surface area contributed by atoms with Crippen LogP contribution in [0.3, 0.4) is 0 Å². The fourth-order valence-electron chi connectivity index (χ4n) is 2.99. The summed E-state index contributed by atoms with van der Waals surface area (Å²) in [5, 5.41) is 3.53. The molecular formula is C19H25N3OS. The van der Waals surface area contributed by atoms with Crippen molar-refractivity contribution in [2.45, 2.75) is 48.1 Å². The maximum absolute atomic E-state index is 6.18. The van der Waals surface area contributed by atoms with Crippen molar-refractivity contribution in [3.05, 3.63) is 42.5 Å². The van der Waals surface area contributed by atoms with Crippen molar-refractivity contribution in [2.24, 2.45) is 0 Å². The average molecular weight is 343 g/mol. The maximum Gasteiger partial charge on any atom is 0.119 e. The van der Waals surface area contributed by atoms with Gasteiger partial charge in [-0.25, -0.2) is 0 Å². The monoisotopic (exact) mass is 343 g/mol. The second kappa shape index (κ2) is 7.81. The second-order valence-corrected chi connectivity index (χ2v) is 7.28. The van der Waals surface area contributed by atoms with Crippen molar-refractivity contribution in [1.82, 2.24) is 5.32 Å². The molecule has 2 atom stereocenters. The Morgan fingerprint density at radius 1 is 1.12 bits per heavy atom. The standard InChI is InChI=1S/C19H25N3OS/c1-2-19(18-4-3-11-22-18)23-13-5-7-14(8-6-13)24-15-9-10-16(20)17(21)12-15/h5-10,12,18-19,22H,2-4,11,20-21H2,1H3. The Balaban J connectivity index is 1.63. The molecule has 0 aliphatic carbocycles. The normalized spacial score (nSPS) is 18.5. The predicted octanol–water partition coefficient (Wildman–Crippen LogP) is 3.91. The van der Waals surface area contributed by atoms with Crippen LogP contribution < -0.4 is 21.5 Å². The van der Waals surface area contributed by atoms with Crippen molar-refractivity contribution < 1.29 is 4.74 Å². The Labute approximate surface area is 148 Å². The number of anilines is 2. The first-order valence-corrected chi connectivity index (χ1v) is 9.30. The lowest BCUT2D eigenvalue weighted by Gasteiger charge is -2.24. The third kappa shape index (κ3) is 4.16. The molecule has 128 valence electrons. The topological polar surface area (TPSA) is 73.3 Å². The van der Waals surface area contributed by atoms with Gasteiger partial charge in [-0.15, -0.1) is 0 Å². The van der Waals surface area contributed by atoms with Gasteiger partial charge in [0.15, 0.2) is 0 Å². The van der Waals surface area contributed by atoms with Gasteiger partial charge in [0.05, 0.1) is 11.4 Å². The van der Waals surface area contributed by atoms with Gasteiger partial charge in [-0.2, -0.15) is 0 Å². The quantitative estimate of drug-likeness (QED) is 0.694. The highest BCUT2D eigenvalue weighted by Crippen LogP contribution is 2.32. The summed E-state index contributed by atoms with van der Waals surface area (Å²) in [7, 11) is 0. The van der Waals surface area contributed by atoms with Crippen LogP contribution in [-0.2, 0) is 0 Å². The SMILES string of the molecule is CCC(Oc1ccc(Sc2ccc(N)c(N)c2)cc1)C1CCCN1. The van der Waals surface area contributed by atoms with Crippen LogP contribution in [0.4, 0.5) is 11.4 Å². The van der Waals surface area contributed by atoms with Crippen LogP contribution in [-0.4, -0.2) is 18.7 Å². The van der Waals surface area contributed by atoms with Crippen LogP contribution in [0.1, 0.15) is 26.2 Å². The van der Waals surface area contributed by atoms with E-state index in [0.29, 0.717) is 17.4 Å². The minimum atomic E-state index is 0.239. The van der Waals surface area contributed by atoms with E-state index >= 15 is 0 Å². The highest BCUT2D eigenvalue weighted by molar-refractivity contribution is 7.99. The molecular weight excluding hydrogens is 318 g/mol. The molecule has 0 aromatic heterocycles. The molecule has 2 aromatic carbocycles. The van der Waals surface area contributed by atoms with Crippen LogP contribution in [0.25, 0.3) is 0 Å². The molecule has 0 saturated carbocycles. The summed E-state index contributed by atoms with van der Waals surface area (Å²) in [6.07, 6.45) is 3.69. The van der Waals surface area contributed by atoms with E-state index in [1.54, 1.807) is 11.8 Å². The molecule has 1 aliphatic rings. The highest BCUT2D eigenvalue weighted by Gasteiger charge is 2.24. The van der Waals surface area contributed by atoms with Crippen molar-refractivity contribution in [3.63, 3.8) is 0 Å². The summed E-state index contributed by atoms with van der Waals surface area (Å²) < 4.78 is 6.18. The number of hydrogen-bond acceptors (Lipinski definition) is 5. The van der Waals surface area contributed by atoms with Gasteiger partial charge in [-0.3, -0.25) is 0 Å². The summed E-state index contributed by atoms with van der Waals surface area (Å²) >= 11 is 1.67. The van der Waals surface area contributed by atoms with Crippen molar-refractivity contribution in [1.29, 1.82) is 0 Å². The molecule has 4 nitrogen and oxygen atoms in total. The Bertz CT molecular complexity index is 669. The molecule has 0 spiro atoms. The zero-order valence-electron chi connectivity index (χ0n) is 14.0. The van der Waals surface area contributed by atoms with E-state index in [2.05, 4.69) is 24.4 Å². The van der Waals surface area contributed by atoms with E-state index in [1.165, 1.54) is 12.8 Å². The van der Waals surface area contributed by atoms with Gasteiger partial charge in [0, 0.05) is 15.8 Å². The Morgan fingerprint density at radius 3 is 2.50 bits per heavy atom. The first-order chi connectivity index (χ1) is 11.7. The number of nitrogens with two attached hydrogens (primary N) is 2. The van der Waals surface area contributed by atoms with Gasteiger partial charge in [-0.1, -0.05) is 18.7 Å². The molecule has 1 saturated heterocycles. The molecule has 2 aromatic rings. The molecule has 2 unspecified atom stereocenters. The van der Waals surface area contributed by atoms with Gasteiger partial charge in [0.1, 0.15) is 11.9 Å². The van der Waals surface area contributed by atoms with Gasteiger partial charge in [0.2, 0.25) is 0 Å². The van der Waals surface area contributed by atoms with Crippen LogP contribution in [0.5, 0.6) is 5.75 Å². The zero-order chi connectivity index (χ0) is 16.9. The third-order valence-corrected chi connectivity index (χ3v) is 5.35. The smallest absolute Gasteiger partial charge is 0.119 e. The number of hydrogen-bond donors (Lipinski definition) is 3. The molecule has 0 amide bonds. The molecule has 5 N–H and O–H groups in total. The summed E-state index contributed by atoms with van der Waals surface area (Å²) in [6, 6.07) is 14.5. The molecule has 3 rings (SSSR count). The molecule has 1 aliphatic heterocycles. The molecule has 5 heteroatoms. The van der Waals surface area contributed by atoms with E-state index in [9.17, 15) is 0 Å². The van der Waals surface area contributed by atoms with E-state index in [4.69, 9.17) is 16.2 Å². The minimum absolute atomic E-state index is 0.239. The fourth-order valence-corrected chi connectivity index (χ4v) is 3.86. The number of benzene rings is 2. The van der Waals surface area contributed by atoms with Crippen molar-refractivity contribution >= 4 is 23.1 Å². The second-order valence-electron chi connectivity index (χ2n) is 6.13. The largest absolute Gasteiger partial charge is 0.489 e. The first-order valence-electron chi connectivity index (χ1n) is 8.48. The molecule has 1 heterocycles. The van der Waals surface area contributed by atoms with E-state index in [0.717, 1.165) is 28.5 Å². The molecule has 24 heavy (non-hydrogen) atoms. The van der Waals surface area contributed by atoms with Crippen LogP contribution in [0.2, 0.25) is 0 Å². The number of nitrogen functional groups attached to an aromatic ring is 2. The van der Waals surface area contributed by atoms with Gasteiger partial charge >= 0.3 is 0 Å². The molecule has 1 fully saturated rings. The summed E-state index contributed by atoms with van der Waals surface area (Å²) in [6.45, 7) is 3.28. The van der Waals surface area contributed by atoms with Crippen molar-refractivity contribution in [2.75, 3.05) is 18.0 Å². The minimum Gasteiger partial charge on any atom is -0.489 e. The van der Waals surface area contributed by atoms with Crippen LogP contribution in [0.15, 0.2) is 52.3 Å². The van der Waals surface area contributed by atoms with Gasteiger partial charge in [0.25, 0.3) is 0 Å². The van der Waals surface area contributed by atoms with Gasteiger partial charge in [-0.05, 0) is 68.3 Å². The third-order valence-electron chi connectivity index (χ3n) is 4.35.